The Hall–Kier alpha value is -2.15. The van der Waals surface area contributed by atoms with Gasteiger partial charge in [0.05, 0.1) is 18.8 Å². The van der Waals surface area contributed by atoms with Crippen LogP contribution in [0, 0.1) is 0 Å². The molecule has 0 saturated heterocycles. The summed E-state index contributed by atoms with van der Waals surface area (Å²) in [6, 6.07) is 5.96. The van der Waals surface area contributed by atoms with Gasteiger partial charge < -0.3 is 10.1 Å². The highest BCUT2D eigenvalue weighted by atomic mass is 32.1. The van der Waals surface area contributed by atoms with Crippen molar-refractivity contribution in [1.82, 2.24) is 9.97 Å². The molecule has 1 aliphatic carbocycles. The third kappa shape index (κ3) is 3.98. The van der Waals surface area contributed by atoms with Crippen LogP contribution in [0.1, 0.15) is 32.4 Å². The fraction of sp³-hybridized carbons (Fsp3) is 0.438. The van der Waals surface area contributed by atoms with Gasteiger partial charge in [-0.1, -0.05) is 6.07 Å². The molecule has 0 unspecified atom stereocenters. The van der Waals surface area contributed by atoms with Crippen LogP contribution in [0.5, 0.6) is 5.88 Å². The number of ether oxygens (including phenoxy) is 1. The van der Waals surface area contributed by atoms with Crippen LogP contribution in [0.2, 0.25) is 0 Å². The van der Waals surface area contributed by atoms with Crippen LogP contribution in [0.4, 0.5) is 10.9 Å². The number of hydrogen-bond donors (Lipinski definition) is 1. The number of rotatable bonds is 7. The zero-order valence-electron chi connectivity index (χ0n) is 13.3. The first kappa shape index (κ1) is 15.7. The summed E-state index contributed by atoms with van der Waals surface area (Å²) in [6.45, 7) is 4.68. The van der Waals surface area contributed by atoms with Gasteiger partial charge in [-0.25, -0.2) is 4.98 Å². The third-order valence-corrected chi connectivity index (χ3v) is 4.35. The Bertz CT molecular complexity index is 684. The highest BCUT2D eigenvalue weighted by Crippen LogP contribution is 2.33. The molecule has 2 aromatic heterocycles. The molecule has 3 rings (SSSR count). The fourth-order valence-corrected chi connectivity index (χ4v) is 3.23. The monoisotopic (exact) mass is 332 g/mol. The first-order valence-electron chi connectivity index (χ1n) is 7.75. The molecule has 6 nitrogen and oxygen atoms in total. The number of nitrogens with one attached hydrogen (secondary N) is 1. The van der Waals surface area contributed by atoms with Crippen LogP contribution in [-0.4, -0.2) is 28.5 Å². The van der Waals surface area contributed by atoms with E-state index in [1.165, 1.54) is 11.3 Å². The number of thiazole rings is 1. The van der Waals surface area contributed by atoms with Crippen molar-refractivity contribution in [3.63, 3.8) is 0 Å². The van der Waals surface area contributed by atoms with Crippen molar-refractivity contribution >= 4 is 28.2 Å². The third-order valence-electron chi connectivity index (χ3n) is 3.46. The van der Waals surface area contributed by atoms with Gasteiger partial charge in [-0.15, -0.1) is 11.3 Å². The SMILES string of the molecule is CCOc1cccc(NCc2csc(N(C(C)=O)C3CC3)n2)n1. The molecule has 1 N–H and O–H groups in total. The summed E-state index contributed by atoms with van der Waals surface area (Å²) in [5, 5.41) is 6.00. The second-order valence-electron chi connectivity index (χ2n) is 5.39. The normalized spacial score (nSPS) is 13.7. The van der Waals surface area contributed by atoms with Crippen molar-refractivity contribution in [3.05, 3.63) is 29.3 Å². The molecule has 0 aromatic carbocycles. The minimum Gasteiger partial charge on any atom is -0.478 e. The zero-order valence-corrected chi connectivity index (χ0v) is 14.1. The molecule has 0 bridgehead atoms. The highest BCUT2D eigenvalue weighted by Gasteiger charge is 2.33. The Balaban J connectivity index is 1.63. The zero-order chi connectivity index (χ0) is 16.2. The van der Waals surface area contributed by atoms with E-state index in [4.69, 9.17) is 4.74 Å². The number of nitrogens with zero attached hydrogens (tertiary/aromatic N) is 3. The van der Waals surface area contributed by atoms with E-state index in [2.05, 4.69) is 15.3 Å². The quantitative estimate of drug-likeness (QED) is 0.844. The number of hydrogen-bond acceptors (Lipinski definition) is 6. The Labute approximate surface area is 139 Å². The topological polar surface area (TPSA) is 67.3 Å². The summed E-state index contributed by atoms with van der Waals surface area (Å²) in [6.07, 6.45) is 2.14. The maximum atomic E-state index is 11.8. The van der Waals surface area contributed by atoms with Crippen LogP contribution >= 0.6 is 11.3 Å². The average Bonchev–Trinajstić information content (AvgIpc) is 3.24. The highest BCUT2D eigenvalue weighted by molar-refractivity contribution is 7.14. The number of anilines is 2. The summed E-state index contributed by atoms with van der Waals surface area (Å²) in [4.78, 5) is 22.5. The van der Waals surface area contributed by atoms with E-state index in [1.807, 2.05) is 35.4 Å². The van der Waals surface area contributed by atoms with E-state index in [9.17, 15) is 4.79 Å². The molecular weight excluding hydrogens is 312 g/mol. The summed E-state index contributed by atoms with van der Waals surface area (Å²) in [7, 11) is 0. The molecule has 0 aliphatic heterocycles. The van der Waals surface area contributed by atoms with Gasteiger partial charge in [0.15, 0.2) is 5.13 Å². The number of carbonyl (C=O) groups is 1. The molecule has 1 fully saturated rings. The minimum absolute atomic E-state index is 0.0624. The Morgan fingerprint density at radius 3 is 2.96 bits per heavy atom. The van der Waals surface area contributed by atoms with Gasteiger partial charge in [0.2, 0.25) is 11.8 Å². The van der Waals surface area contributed by atoms with Crippen LogP contribution in [0.15, 0.2) is 23.6 Å². The Morgan fingerprint density at radius 1 is 1.43 bits per heavy atom. The maximum absolute atomic E-state index is 11.8. The predicted molar refractivity (Wildman–Crippen MR) is 91.0 cm³/mol. The number of carbonyl (C=O) groups excluding carboxylic acids is 1. The smallest absolute Gasteiger partial charge is 0.225 e. The molecule has 0 atom stereocenters. The van der Waals surface area contributed by atoms with E-state index in [1.54, 1.807) is 6.92 Å². The van der Waals surface area contributed by atoms with Crippen molar-refractivity contribution in [2.24, 2.45) is 0 Å². The lowest BCUT2D eigenvalue weighted by Gasteiger charge is -2.16. The Kier molecular flexibility index (Phi) is 4.76. The fourth-order valence-electron chi connectivity index (χ4n) is 2.29. The summed E-state index contributed by atoms with van der Waals surface area (Å²) in [5.74, 6) is 1.41. The average molecular weight is 332 g/mol. The van der Waals surface area contributed by atoms with Gasteiger partial charge in [0.1, 0.15) is 5.82 Å². The summed E-state index contributed by atoms with van der Waals surface area (Å²) >= 11 is 1.51. The van der Waals surface area contributed by atoms with E-state index in [0.717, 1.165) is 29.5 Å². The van der Waals surface area contributed by atoms with Gasteiger partial charge >= 0.3 is 0 Å². The lowest BCUT2D eigenvalue weighted by atomic mass is 10.4. The van der Waals surface area contributed by atoms with Crippen molar-refractivity contribution in [1.29, 1.82) is 0 Å². The second kappa shape index (κ2) is 6.95. The standard InChI is InChI=1S/C16H20N4O2S/c1-3-22-15-6-4-5-14(19-15)17-9-12-10-23-16(18-12)20(11(2)21)13-7-8-13/h4-6,10,13H,3,7-9H2,1-2H3,(H,17,19). The van der Waals surface area contributed by atoms with Crippen molar-refractivity contribution in [2.45, 2.75) is 39.3 Å². The first-order valence-corrected chi connectivity index (χ1v) is 8.63. The van der Waals surface area contributed by atoms with Gasteiger partial charge in [0.25, 0.3) is 0 Å². The molecule has 1 aliphatic rings. The summed E-state index contributed by atoms with van der Waals surface area (Å²) in [5.41, 5.74) is 0.903. The molecule has 2 aromatic rings. The van der Waals surface area contributed by atoms with E-state index >= 15 is 0 Å². The van der Waals surface area contributed by atoms with Gasteiger partial charge in [-0.3, -0.25) is 9.69 Å². The van der Waals surface area contributed by atoms with Crippen LogP contribution < -0.4 is 15.0 Å². The van der Waals surface area contributed by atoms with Gasteiger partial charge in [0, 0.05) is 24.4 Å². The molecule has 1 amide bonds. The predicted octanol–water partition coefficient (Wildman–Crippen LogP) is 3.06. The van der Waals surface area contributed by atoms with Gasteiger partial charge in [-0.05, 0) is 25.8 Å². The summed E-state index contributed by atoms with van der Waals surface area (Å²) < 4.78 is 5.38. The first-order chi connectivity index (χ1) is 11.2. The second-order valence-corrected chi connectivity index (χ2v) is 6.23. The molecule has 7 heteroatoms. The Morgan fingerprint density at radius 2 is 2.26 bits per heavy atom. The lowest BCUT2D eigenvalue weighted by molar-refractivity contribution is -0.116. The van der Waals surface area contributed by atoms with Crippen LogP contribution in [-0.2, 0) is 11.3 Å². The van der Waals surface area contributed by atoms with Crippen molar-refractivity contribution < 1.29 is 9.53 Å². The molecule has 2 heterocycles. The van der Waals surface area contributed by atoms with E-state index in [0.29, 0.717) is 25.1 Å². The molecular formula is C16H20N4O2S. The minimum atomic E-state index is 0.0624. The van der Waals surface area contributed by atoms with Crippen molar-refractivity contribution in [3.8, 4) is 5.88 Å². The molecule has 122 valence electrons. The molecule has 23 heavy (non-hydrogen) atoms. The lowest BCUT2D eigenvalue weighted by Crippen LogP contribution is -2.30. The van der Waals surface area contributed by atoms with Crippen LogP contribution in [0.3, 0.4) is 0 Å². The molecule has 1 saturated carbocycles. The number of aromatic nitrogens is 2. The molecule has 0 radical (unpaired) electrons. The number of pyridine rings is 1. The van der Waals surface area contributed by atoms with Crippen molar-refractivity contribution in [2.75, 3.05) is 16.8 Å². The van der Waals surface area contributed by atoms with Gasteiger partial charge in [-0.2, -0.15) is 4.98 Å². The van der Waals surface area contributed by atoms with E-state index in [-0.39, 0.29) is 5.91 Å². The number of amides is 1. The van der Waals surface area contributed by atoms with Crippen LogP contribution in [0.25, 0.3) is 0 Å². The van der Waals surface area contributed by atoms with E-state index < -0.39 is 0 Å². The maximum Gasteiger partial charge on any atom is 0.225 e. The molecule has 0 spiro atoms. The largest absolute Gasteiger partial charge is 0.478 e.